The molecule has 0 spiro atoms. The molecule has 0 aliphatic carbocycles. The maximum atomic E-state index is 12.7. The summed E-state index contributed by atoms with van der Waals surface area (Å²) < 4.78 is 0. The van der Waals surface area contributed by atoms with Crippen LogP contribution in [-0.4, -0.2) is 52.6 Å². The molecule has 9 nitrogen and oxygen atoms in total. The van der Waals surface area contributed by atoms with Gasteiger partial charge in [0.1, 0.15) is 11.5 Å². The lowest BCUT2D eigenvalue weighted by Crippen LogP contribution is -2.23. The van der Waals surface area contributed by atoms with Crippen LogP contribution in [0.5, 0.6) is 0 Å². The Morgan fingerprint density at radius 3 is 2.59 bits per heavy atom. The first kappa shape index (κ1) is 25.9. The Morgan fingerprint density at radius 1 is 1.24 bits per heavy atom. The average molecular weight is 520 g/mol. The van der Waals surface area contributed by atoms with Gasteiger partial charge in [0.25, 0.3) is 5.91 Å². The smallest absolute Gasteiger partial charge is 0.275 e. The molecule has 0 bridgehead atoms. The van der Waals surface area contributed by atoms with Gasteiger partial charge < -0.3 is 15.1 Å². The first-order valence-electron chi connectivity index (χ1n) is 10.3. The molecule has 3 aromatic rings. The molecule has 3 heterocycles. The lowest BCUT2D eigenvalue weighted by atomic mass is 9.98. The minimum atomic E-state index is -0.319. The number of amides is 2. The summed E-state index contributed by atoms with van der Waals surface area (Å²) in [6.45, 7) is 6.52. The molecule has 12 heteroatoms. The first-order valence-corrected chi connectivity index (χ1v) is 12.7. The highest BCUT2D eigenvalue weighted by molar-refractivity contribution is 7.98. The van der Waals surface area contributed by atoms with Crippen molar-refractivity contribution in [1.82, 2.24) is 19.9 Å². The predicted octanol–water partition coefficient (Wildman–Crippen LogP) is 4.48. The molecule has 2 amide bonds. The molecule has 0 aromatic carbocycles. The molecule has 0 saturated carbocycles. The lowest BCUT2D eigenvalue weighted by molar-refractivity contribution is -0.107. The summed E-state index contributed by atoms with van der Waals surface area (Å²) in [7, 11) is 3.47. The number of carbonyl (C=O) groups is 2. The molecule has 0 aliphatic rings. The molecule has 0 unspecified atom stereocenters. The van der Waals surface area contributed by atoms with Crippen molar-refractivity contribution < 1.29 is 9.59 Å². The van der Waals surface area contributed by atoms with E-state index in [0.717, 1.165) is 10.6 Å². The van der Waals surface area contributed by atoms with Crippen molar-refractivity contribution in [2.75, 3.05) is 35.5 Å². The second kappa shape index (κ2) is 10.7. The Kier molecular flexibility index (Phi) is 8.11. The highest BCUT2D eigenvalue weighted by atomic mass is 35.5. The number of thiazole rings is 1. The minimum Gasteiger partial charge on any atom is -0.368 e. The zero-order chi connectivity index (χ0) is 25.0. The van der Waals surface area contributed by atoms with Crippen molar-refractivity contribution in [1.29, 1.82) is 0 Å². The van der Waals surface area contributed by atoms with Crippen molar-refractivity contribution in [3.8, 4) is 0 Å². The van der Waals surface area contributed by atoms with E-state index in [1.165, 1.54) is 34.2 Å². The minimum absolute atomic E-state index is 0.130. The zero-order valence-electron chi connectivity index (χ0n) is 19.8. The maximum Gasteiger partial charge on any atom is 0.275 e. The van der Waals surface area contributed by atoms with E-state index in [9.17, 15) is 9.59 Å². The lowest BCUT2D eigenvalue weighted by Gasteiger charge is -2.23. The summed E-state index contributed by atoms with van der Waals surface area (Å²) in [5, 5.41) is 6.31. The number of carbonyl (C=O) groups excluding carboxylic acids is 2. The third-order valence-electron chi connectivity index (χ3n) is 4.77. The molecule has 0 atom stereocenters. The topological polar surface area (TPSA) is 104 Å². The third-order valence-corrected chi connectivity index (χ3v) is 6.89. The number of hydrogen-bond donors (Lipinski definition) is 1. The van der Waals surface area contributed by atoms with Gasteiger partial charge in [0.15, 0.2) is 10.3 Å². The van der Waals surface area contributed by atoms with Gasteiger partial charge in [-0.3, -0.25) is 9.59 Å². The summed E-state index contributed by atoms with van der Waals surface area (Å²) in [5.74, 6) is 0.188. The first-order chi connectivity index (χ1) is 16.0. The second-order valence-corrected chi connectivity index (χ2v) is 10.5. The van der Waals surface area contributed by atoms with Crippen molar-refractivity contribution in [3.05, 3.63) is 45.3 Å². The van der Waals surface area contributed by atoms with Gasteiger partial charge in [0.05, 0.1) is 22.6 Å². The van der Waals surface area contributed by atoms with Crippen LogP contribution in [0, 0.1) is 0 Å². The Labute approximate surface area is 212 Å². The molecule has 3 rings (SSSR count). The number of halogens is 1. The molecule has 34 heavy (non-hydrogen) atoms. The van der Waals surface area contributed by atoms with E-state index in [0.29, 0.717) is 41.0 Å². The number of nitrogens with zero attached hydrogens (tertiary/aromatic N) is 6. The van der Waals surface area contributed by atoms with Gasteiger partial charge in [-0.1, -0.05) is 44.1 Å². The van der Waals surface area contributed by atoms with Crippen LogP contribution in [0.15, 0.2) is 29.0 Å². The summed E-state index contributed by atoms with van der Waals surface area (Å²) in [5.41, 5.74) is 2.04. The van der Waals surface area contributed by atoms with Gasteiger partial charge in [0, 0.05) is 43.2 Å². The van der Waals surface area contributed by atoms with Gasteiger partial charge in [-0.2, -0.15) is 0 Å². The van der Waals surface area contributed by atoms with E-state index in [1.54, 1.807) is 24.7 Å². The molecule has 3 aromatic heterocycles. The standard InChI is InChI=1S/C22H26ClN7O2S2/c1-22(2,3)20-27-15(11-34-20)19(32)26-14-7-16(17(23)24-9-14)29(4)10-13-8-25-21(33-6)28-18(13)30(5)12-31/h7-9,11-12H,10H2,1-6H3,(H,26,32). The highest BCUT2D eigenvalue weighted by Crippen LogP contribution is 2.30. The number of rotatable bonds is 8. The average Bonchev–Trinajstić information content (AvgIpc) is 3.31. The second-order valence-electron chi connectivity index (χ2n) is 8.55. The SMILES string of the molecule is CSc1ncc(CN(C)c2cc(NC(=O)c3csc(C(C)(C)C)n3)cnc2Cl)c(N(C)C=O)n1. The molecule has 0 radical (unpaired) electrons. The highest BCUT2D eigenvalue weighted by Gasteiger charge is 2.21. The van der Waals surface area contributed by atoms with E-state index in [4.69, 9.17) is 11.6 Å². The van der Waals surface area contributed by atoms with Crippen LogP contribution in [0.2, 0.25) is 5.15 Å². The van der Waals surface area contributed by atoms with Crippen LogP contribution in [0.3, 0.4) is 0 Å². The summed E-state index contributed by atoms with van der Waals surface area (Å²) in [6, 6.07) is 1.74. The molecule has 0 aliphatic heterocycles. The van der Waals surface area contributed by atoms with Gasteiger partial charge in [-0.25, -0.2) is 19.9 Å². The predicted molar refractivity (Wildman–Crippen MR) is 138 cm³/mol. The van der Waals surface area contributed by atoms with E-state index >= 15 is 0 Å². The van der Waals surface area contributed by atoms with Crippen molar-refractivity contribution in [2.24, 2.45) is 0 Å². The fraction of sp³-hybridized carbons (Fsp3) is 0.364. The van der Waals surface area contributed by atoms with Crippen LogP contribution < -0.4 is 15.1 Å². The molecule has 1 N–H and O–H groups in total. The number of anilines is 3. The van der Waals surface area contributed by atoms with E-state index < -0.39 is 0 Å². The van der Waals surface area contributed by atoms with Crippen molar-refractivity contribution >= 4 is 64.2 Å². The molecule has 0 saturated heterocycles. The van der Waals surface area contributed by atoms with Crippen LogP contribution in [0.25, 0.3) is 0 Å². The van der Waals surface area contributed by atoms with Crippen LogP contribution >= 0.6 is 34.7 Å². The monoisotopic (exact) mass is 519 g/mol. The number of thioether (sulfide) groups is 1. The summed E-state index contributed by atoms with van der Waals surface area (Å²) in [6.07, 6.45) is 5.75. The van der Waals surface area contributed by atoms with Gasteiger partial charge >= 0.3 is 0 Å². The largest absolute Gasteiger partial charge is 0.368 e. The number of nitrogens with one attached hydrogen (secondary N) is 1. The van der Waals surface area contributed by atoms with E-state index in [-0.39, 0.29) is 16.5 Å². The van der Waals surface area contributed by atoms with Crippen LogP contribution in [-0.2, 0) is 16.8 Å². The van der Waals surface area contributed by atoms with Crippen molar-refractivity contribution in [2.45, 2.75) is 37.9 Å². The summed E-state index contributed by atoms with van der Waals surface area (Å²) >= 11 is 9.21. The molecule has 0 fully saturated rings. The molecular weight excluding hydrogens is 494 g/mol. The van der Waals surface area contributed by atoms with Gasteiger partial charge in [0.2, 0.25) is 6.41 Å². The van der Waals surface area contributed by atoms with Gasteiger partial charge in [-0.05, 0) is 12.3 Å². The van der Waals surface area contributed by atoms with Gasteiger partial charge in [-0.15, -0.1) is 11.3 Å². The third kappa shape index (κ3) is 6.02. The Balaban J connectivity index is 1.82. The number of pyridine rings is 1. The number of hydrogen-bond acceptors (Lipinski definition) is 9. The number of aromatic nitrogens is 4. The maximum absolute atomic E-state index is 12.7. The van der Waals surface area contributed by atoms with Crippen LogP contribution in [0.1, 0.15) is 41.8 Å². The Bertz CT molecular complexity index is 1200. The molecular formula is C22H26ClN7O2S2. The Morgan fingerprint density at radius 2 is 1.97 bits per heavy atom. The normalized spacial score (nSPS) is 11.3. The zero-order valence-corrected chi connectivity index (χ0v) is 22.2. The van der Waals surface area contributed by atoms with E-state index in [1.807, 2.05) is 18.2 Å². The summed E-state index contributed by atoms with van der Waals surface area (Å²) in [4.78, 5) is 44.8. The van der Waals surface area contributed by atoms with E-state index in [2.05, 4.69) is 46.0 Å². The Hall–Kier alpha value is -2.76. The molecule has 180 valence electrons. The van der Waals surface area contributed by atoms with Crippen LogP contribution in [0.4, 0.5) is 17.2 Å². The van der Waals surface area contributed by atoms with Crippen molar-refractivity contribution in [3.63, 3.8) is 0 Å². The fourth-order valence-electron chi connectivity index (χ4n) is 2.98. The quantitative estimate of drug-likeness (QED) is 0.201. The fourth-order valence-corrected chi connectivity index (χ4v) is 4.45.